The van der Waals surface area contributed by atoms with Crippen molar-refractivity contribution in [1.82, 2.24) is 14.3 Å². The molecule has 0 aliphatic rings. The molecule has 8 heteroatoms. The van der Waals surface area contributed by atoms with Crippen molar-refractivity contribution in [3.8, 4) is 0 Å². The van der Waals surface area contributed by atoms with E-state index in [2.05, 4.69) is 9.71 Å². The number of carbonyl (C=O) groups is 1. The number of aromatic nitrogens is 2. The van der Waals surface area contributed by atoms with E-state index in [9.17, 15) is 18.3 Å². The first-order chi connectivity index (χ1) is 9.21. The molecule has 0 radical (unpaired) electrons. The van der Waals surface area contributed by atoms with Crippen LogP contribution in [0, 0.1) is 0 Å². The van der Waals surface area contributed by atoms with E-state index < -0.39 is 21.5 Å². The number of hydrogen-bond donors (Lipinski definition) is 2. The number of aliphatic carboxylic acids is 1. The Labute approximate surface area is 116 Å². The molecule has 0 saturated heterocycles. The van der Waals surface area contributed by atoms with Crippen LogP contribution in [0.3, 0.4) is 0 Å². The van der Waals surface area contributed by atoms with E-state index in [0.29, 0.717) is 0 Å². The average molecular weight is 297 g/mol. The minimum absolute atomic E-state index is 0.0596. The molecule has 1 aromatic heterocycles. The van der Waals surface area contributed by atoms with E-state index in [1.807, 2.05) is 12.1 Å². The van der Waals surface area contributed by atoms with Crippen molar-refractivity contribution >= 4 is 27.0 Å². The summed E-state index contributed by atoms with van der Waals surface area (Å²) < 4.78 is 26.5. The highest BCUT2D eigenvalue weighted by Gasteiger charge is 2.36. The van der Waals surface area contributed by atoms with Gasteiger partial charge in [-0.25, -0.2) is 13.4 Å². The number of hydrogen-bond acceptors (Lipinski definition) is 4. The van der Waals surface area contributed by atoms with Gasteiger partial charge >= 0.3 is 5.97 Å². The highest BCUT2D eigenvalue weighted by molar-refractivity contribution is 7.88. The van der Waals surface area contributed by atoms with Gasteiger partial charge in [-0.3, -0.25) is 4.79 Å². The predicted octanol–water partition coefficient (Wildman–Crippen LogP) is 0.429. The van der Waals surface area contributed by atoms with Crippen molar-refractivity contribution in [3.05, 3.63) is 30.6 Å². The molecule has 2 aromatic rings. The number of sulfonamides is 1. The number of carboxylic acid groups (broad SMARTS) is 1. The van der Waals surface area contributed by atoms with E-state index in [4.69, 9.17) is 0 Å². The van der Waals surface area contributed by atoms with Crippen LogP contribution in [-0.4, -0.2) is 40.8 Å². The van der Waals surface area contributed by atoms with Gasteiger partial charge in [-0.2, -0.15) is 4.72 Å². The van der Waals surface area contributed by atoms with Gasteiger partial charge in [0.1, 0.15) is 5.54 Å². The second kappa shape index (κ2) is 4.88. The lowest BCUT2D eigenvalue weighted by molar-refractivity contribution is -0.143. The molecular weight excluding hydrogens is 282 g/mol. The molecule has 1 heterocycles. The maximum absolute atomic E-state index is 11.4. The summed E-state index contributed by atoms with van der Waals surface area (Å²) in [4.78, 5) is 15.6. The average Bonchev–Trinajstić information content (AvgIpc) is 2.70. The van der Waals surface area contributed by atoms with Gasteiger partial charge in [-0.05, 0) is 19.1 Å². The Morgan fingerprint density at radius 1 is 1.45 bits per heavy atom. The molecule has 20 heavy (non-hydrogen) atoms. The number of nitrogens with one attached hydrogen (secondary N) is 1. The summed E-state index contributed by atoms with van der Waals surface area (Å²) in [7, 11) is -3.65. The second-order valence-electron chi connectivity index (χ2n) is 4.87. The summed E-state index contributed by atoms with van der Waals surface area (Å²) in [6.07, 6.45) is 2.43. The number of nitrogens with zero attached hydrogens (tertiary/aromatic N) is 2. The van der Waals surface area contributed by atoms with Crippen LogP contribution in [-0.2, 0) is 21.4 Å². The Bertz CT molecular complexity index is 753. The van der Waals surface area contributed by atoms with Crippen molar-refractivity contribution in [2.75, 3.05) is 6.26 Å². The largest absolute Gasteiger partial charge is 0.480 e. The van der Waals surface area contributed by atoms with Gasteiger partial charge in [0.05, 0.1) is 30.2 Å². The van der Waals surface area contributed by atoms with Crippen LogP contribution in [0.4, 0.5) is 0 Å². The summed E-state index contributed by atoms with van der Waals surface area (Å²) in [5.74, 6) is -1.25. The fourth-order valence-corrected chi connectivity index (χ4v) is 3.00. The molecule has 7 nitrogen and oxygen atoms in total. The van der Waals surface area contributed by atoms with Crippen molar-refractivity contribution in [3.63, 3.8) is 0 Å². The quantitative estimate of drug-likeness (QED) is 0.833. The summed E-state index contributed by atoms with van der Waals surface area (Å²) in [6.45, 7) is 1.26. The number of para-hydroxylation sites is 2. The minimum atomic E-state index is -3.65. The molecule has 2 N–H and O–H groups in total. The number of carboxylic acids is 1. The summed E-state index contributed by atoms with van der Waals surface area (Å²) in [6, 6.07) is 7.23. The number of benzene rings is 1. The van der Waals surface area contributed by atoms with Gasteiger partial charge < -0.3 is 9.67 Å². The lowest BCUT2D eigenvalue weighted by atomic mass is 10.0. The molecule has 1 aromatic carbocycles. The zero-order valence-electron chi connectivity index (χ0n) is 11.1. The molecule has 0 aliphatic carbocycles. The standard InChI is InChI=1S/C12H15N3O4S/c1-12(11(16)17,14-20(2,18)19)7-15-8-13-9-5-3-4-6-10(9)15/h3-6,8,14H,7H2,1-2H3,(H,16,17). The molecule has 1 unspecified atom stereocenters. The lowest BCUT2D eigenvalue weighted by Crippen LogP contribution is -2.54. The first kappa shape index (κ1) is 14.5. The van der Waals surface area contributed by atoms with Crippen molar-refractivity contribution in [1.29, 1.82) is 0 Å². The molecule has 1 atom stereocenters. The monoisotopic (exact) mass is 297 g/mol. The Hall–Kier alpha value is -1.93. The van der Waals surface area contributed by atoms with Crippen LogP contribution in [0.2, 0.25) is 0 Å². The second-order valence-corrected chi connectivity index (χ2v) is 6.62. The van der Waals surface area contributed by atoms with E-state index in [1.165, 1.54) is 13.3 Å². The van der Waals surface area contributed by atoms with Crippen LogP contribution >= 0.6 is 0 Å². The van der Waals surface area contributed by atoms with Crippen LogP contribution in [0.1, 0.15) is 6.92 Å². The van der Waals surface area contributed by atoms with E-state index in [-0.39, 0.29) is 6.54 Å². The molecule has 0 fully saturated rings. The van der Waals surface area contributed by atoms with Crippen LogP contribution in [0.25, 0.3) is 11.0 Å². The van der Waals surface area contributed by atoms with Crippen LogP contribution in [0.5, 0.6) is 0 Å². The molecule has 0 spiro atoms. The van der Waals surface area contributed by atoms with E-state index in [0.717, 1.165) is 17.3 Å². The Balaban J connectivity index is 2.40. The molecule has 2 rings (SSSR count). The number of rotatable bonds is 5. The maximum atomic E-state index is 11.4. The summed E-state index contributed by atoms with van der Waals surface area (Å²) >= 11 is 0. The van der Waals surface area contributed by atoms with Gasteiger partial charge in [-0.1, -0.05) is 12.1 Å². The third kappa shape index (κ3) is 2.97. The SMILES string of the molecule is CC(Cn1cnc2ccccc21)(NS(C)(=O)=O)C(=O)O. The van der Waals surface area contributed by atoms with Crippen molar-refractivity contribution in [2.45, 2.75) is 19.0 Å². The Morgan fingerprint density at radius 2 is 2.10 bits per heavy atom. The number of fused-ring (bicyclic) bond motifs is 1. The van der Waals surface area contributed by atoms with E-state index >= 15 is 0 Å². The fraction of sp³-hybridized carbons (Fsp3) is 0.333. The fourth-order valence-electron chi connectivity index (χ4n) is 2.03. The normalized spacial score (nSPS) is 15.1. The van der Waals surface area contributed by atoms with Gasteiger partial charge in [0, 0.05) is 0 Å². The number of imidazole rings is 1. The van der Waals surface area contributed by atoms with E-state index in [1.54, 1.807) is 16.7 Å². The highest BCUT2D eigenvalue weighted by Crippen LogP contribution is 2.16. The Kier molecular flexibility index (Phi) is 3.53. The van der Waals surface area contributed by atoms with Gasteiger partial charge in [0.2, 0.25) is 10.0 Å². The molecule has 108 valence electrons. The van der Waals surface area contributed by atoms with Gasteiger partial charge in [0.25, 0.3) is 0 Å². The van der Waals surface area contributed by atoms with Crippen LogP contribution in [0.15, 0.2) is 30.6 Å². The van der Waals surface area contributed by atoms with Crippen molar-refractivity contribution < 1.29 is 18.3 Å². The third-order valence-electron chi connectivity index (χ3n) is 2.90. The highest BCUT2D eigenvalue weighted by atomic mass is 32.2. The molecule has 0 aliphatic heterocycles. The maximum Gasteiger partial charge on any atom is 0.326 e. The minimum Gasteiger partial charge on any atom is -0.480 e. The summed E-state index contributed by atoms with van der Waals surface area (Å²) in [5.41, 5.74) is -0.174. The zero-order valence-corrected chi connectivity index (χ0v) is 11.9. The predicted molar refractivity (Wildman–Crippen MR) is 73.8 cm³/mol. The summed E-state index contributed by atoms with van der Waals surface area (Å²) in [5, 5.41) is 9.31. The third-order valence-corrected chi connectivity index (χ3v) is 3.72. The topological polar surface area (TPSA) is 101 Å². The Morgan fingerprint density at radius 3 is 2.70 bits per heavy atom. The van der Waals surface area contributed by atoms with Gasteiger partial charge in [0.15, 0.2) is 0 Å². The van der Waals surface area contributed by atoms with Crippen molar-refractivity contribution in [2.24, 2.45) is 0 Å². The molecule has 0 amide bonds. The zero-order chi connectivity index (χ0) is 15.0. The van der Waals surface area contributed by atoms with Crippen LogP contribution < -0.4 is 4.72 Å². The molecule has 0 saturated carbocycles. The first-order valence-corrected chi connectivity index (χ1v) is 7.73. The first-order valence-electron chi connectivity index (χ1n) is 5.83. The smallest absolute Gasteiger partial charge is 0.326 e. The van der Waals surface area contributed by atoms with Gasteiger partial charge in [-0.15, -0.1) is 0 Å². The molecule has 0 bridgehead atoms. The molecular formula is C12H15N3O4S. The lowest BCUT2D eigenvalue weighted by Gasteiger charge is -2.25.